The molecule has 1 saturated carbocycles. The van der Waals surface area contributed by atoms with Crippen molar-refractivity contribution in [1.82, 2.24) is 29.3 Å². The average molecular weight is 497 g/mol. The van der Waals surface area contributed by atoms with Crippen LogP contribution in [0.2, 0.25) is 0 Å². The Bertz CT molecular complexity index is 1590. The Kier molecular flexibility index (Phi) is 5.30. The lowest BCUT2D eigenvalue weighted by atomic mass is 10.1. The summed E-state index contributed by atoms with van der Waals surface area (Å²) in [6, 6.07) is 15.2. The quantitative estimate of drug-likeness (QED) is 0.356. The standard InChI is InChI=1S/C28H29FN8/c1-35-26-22(25(34-35)19-5-4-6-20(29)15-19)16-30-27(33-26)31-21-11-13-36(14-12-21)28-32-23-7-2-3-8-24(23)37(28)17-18-9-10-18/h2-8,15-16,18,21H,9-14,17H2,1H3,(H,30,31,33). The van der Waals surface area contributed by atoms with Gasteiger partial charge in [0.2, 0.25) is 11.9 Å². The van der Waals surface area contributed by atoms with Crippen molar-refractivity contribution in [3.63, 3.8) is 0 Å². The first-order chi connectivity index (χ1) is 18.1. The SMILES string of the molecule is Cn1nc(-c2cccc(F)c2)c2cnc(NC3CCN(c4nc5ccccc5n4CC4CC4)CC3)nc21. The molecule has 37 heavy (non-hydrogen) atoms. The van der Waals surface area contributed by atoms with E-state index in [-0.39, 0.29) is 11.9 Å². The third kappa shape index (κ3) is 4.18. The highest BCUT2D eigenvalue weighted by Gasteiger charge is 2.28. The highest BCUT2D eigenvalue weighted by Crippen LogP contribution is 2.35. The molecule has 0 amide bonds. The molecule has 2 aromatic carbocycles. The largest absolute Gasteiger partial charge is 0.351 e. The van der Waals surface area contributed by atoms with E-state index in [1.807, 2.05) is 13.1 Å². The van der Waals surface area contributed by atoms with E-state index >= 15 is 0 Å². The Labute approximate surface area is 214 Å². The van der Waals surface area contributed by atoms with Crippen LogP contribution in [0.1, 0.15) is 25.7 Å². The number of nitrogens with one attached hydrogen (secondary N) is 1. The van der Waals surface area contributed by atoms with Gasteiger partial charge in [0.1, 0.15) is 11.5 Å². The van der Waals surface area contributed by atoms with Gasteiger partial charge in [-0.15, -0.1) is 0 Å². The minimum atomic E-state index is -0.287. The summed E-state index contributed by atoms with van der Waals surface area (Å²) in [4.78, 5) is 16.8. The van der Waals surface area contributed by atoms with Crippen molar-refractivity contribution in [1.29, 1.82) is 0 Å². The van der Waals surface area contributed by atoms with Gasteiger partial charge in [-0.1, -0.05) is 24.3 Å². The third-order valence-electron chi connectivity index (χ3n) is 7.56. The van der Waals surface area contributed by atoms with Gasteiger partial charge in [-0.05, 0) is 55.9 Å². The molecule has 9 heteroatoms. The predicted octanol–water partition coefficient (Wildman–Crippen LogP) is 5.01. The summed E-state index contributed by atoms with van der Waals surface area (Å²) in [5.41, 5.74) is 4.44. The molecular weight excluding hydrogens is 467 g/mol. The van der Waals surface area contributed by atoms with E-state index in [1.165, 1.54) is 30.5 Å². The van der Waals surface area contributed by atoms with E-state index in [1.54, 1.807) is 16.9 Å². The molecule has 2 fully saturated rings. The van der Waals surface area contributed by atoms with E-state index in [0.717, 1.165) is 66.5 Å². The second-order valence-corrected chi connectivity index (χ2v) is 10.3. The van der Waals surface area contributed by atoms with E-state index in [9.17, 15) is 4.39 Å². The molecule has 8 nitrogen and oxygen atoms in total. The summed E-state index contributed by atoms with van der Waals surface area (Å²) in [5.74, 6) is 2.20. The molecule has 5 aromatic rings. The van der Waals surface area contributed by atoms with Gasteiger partial charge in [0, 0.05) is 44.5 Å². The second kappa shape index (κ2) is 8.83. The lowest BCUT2D eigenvalue weighted by Crippen LogP contribution is -2.40. The van der Waals surface area contributed by atoms with Gasteiger partial charge >= 0.3 is 0 Å². The van der Waals surface area contributed by atoms with Crippen LogP contribution < -0.4 is 10.2 Å². The van der Waals surface area contributed by atoms with Gasteiger partial charge in [-0.25, -0.2) is 19.0 Å². The first kappa shape index (κ1) is 22.2. The average Bonchev–Trinajstić information content (AvgIpc) is 3.58. The fourth-order valence-electron chi connectivity index (χ4n) is 5.41. The number of hydrogen-bond acceptors (Lipinski definition) is 6. The van der Waals surface area contributed by atoms with Crippen LogP contribution in [0.3, 0.4) is 0 Å². The molecule has 7 rings (SSSR count). The van der Waals surface area contributed by atoms with Crippen molar-refractivity contribution in [2.75, 3.05) is 23.3 Å². The van der Waals surface area contributed by atoms with Gasteiger partial charge < -0.3 is 14.8 Å². The number of aromatic nitrogens is 6. The topological polar surface area (TPSA) is 76.7 Å². The zero-order valence-corrected chi connectivity index (χ0v) is 20.8. The number of imidazole rings is 1. The molecule has 0 spiro atoms. The highest BCUT2D eigenvalue weighted by molar-refractivity contribution is 5.91. The van der Waals surface area contributed by atoms with Crippen molar-refractivity contribution in [2.24, 2.45) is 13.0 Å². The number of benzene rings is 2. The van der Waals surface area contributed by atoms with Gasteiger partial charge in [0.05, 0.1) is 16.4 Å². The monoisotopic (exact) mass is 496 g/mol. The fraction of sp³-hybridized carbons (Fsp3) is 0.357. The number of fused-ring (bicyclic) bond motifs is 2. The number of anilines is 2. The zero-order chi connectivity index (χ0) is 24.9. The van der Waals surface area contributed by atoms with Gasteiger partial charge in [0.15, 0.2) is 5.65 Å². The Hall–Kier alpha value is -4.01. The van der Waals surface area contributed by atoms with Gasteiger partial charge in [0.25, 0.3) is 0 Å². The van der Waals surface area contributed by atoms with Crippen molar-refractivity contribution in [3.05, 3.63) is 60.5 Å². The van der Waals surface area contributed by atoms with E-state index in [0.29, 0.717) is 11.6 Å². The summed E-state index contributed by atoms with van der Waals surface area (Å²) in [6.45, 7) is 2.93. The Balaban J connectivity index is 1.07. The molecule has 1 N–H and O–H groups in total. The highest BCUT2D eigenvalue weighted by atomic mass is 19.1. The van der Waals surface area contributed by atoms with Crippen LogP contribution in [0.4, 0.5) is 16.3 Å². The Morgan fingerprint density at radius 3 is 2.65 bits per heavy atom. The molecule has 0 radical (unpaired) electrons. The molecule has 0 bridgehead atoms. The smallest absolute Gasteiger partial charge is 0.224 e. The summed E-state index contributed by atoms with van der Waals surface area (Å²) in [6.07, 6.45) is 6.39. The minimum Gasteiger partial charge on any atom is -0.351 e. The fourth-order valence-corrected chi connectivity index (χ4v) is 5.41. The van der Waals surface area contributed by atoms with Crippen LogP contribution in [0.25, 0.3) is 33.3 Å². The van der Waals surface area contributed by atoms with Crippen molar-refractivity contribution >= 4 is 34.0 Å². The summed E-state index contributed by atoms with van der Waals surface area (Å²) < 4.78 is 17.9. The van der Waals surface area contributed by atoms with Crippen LogP contribution in [-0.2, 0) is 13.6 Å². The molecule has 188 valence electrons. The van der Waals surface area contributed by atoms with Crippen LogP contribution >= 0.6 is 0 Å². The number of piperidine rings is 1. The number of aryl methyl sites for hydroxylation is 1. The maximum absolute atomic E-state index is 13.8. The Morgan fingerprint density at radius 2 is 1.84 bits per heavy atom. The van der Waals surface area contributed by atoms with E-state index in [4.69, 9.17) is 9.97 Å². The first-order valence-electron chi connectivity index (χ1n) is 13.0. The summed E-state index contributed by atoms with van der Waals surface area (Å²) in [7, 11) is 1.86. The van der Waals surface area contributed by atoms with Gasteiger partial charge in [-0.3, -0.25) is 0 Å². The predicted molar refractivity (Wildman–Crippen MR) is 143 cm³/mol. The zero-order valence-electron chi connectivity index (χ0n) is 20.8. The molecule has 1 aliphatic heterocycles. The second-order valence-electron chi connectivity index (χ2n) is 10.3. The van der Waals surface area contributed by atoms with Gasteiger partial charge in [-0.2, -0.15) is 10.1 Å². The minimum absolute atomic E-state index is 0.283. The molecule has 0 unspecified atom stereocenters. The summed E-state index contributed by atoms with van der Waals surface area (Å²) >= 11 is 0. The normalized spacial score (nSPS) is 16.6. The van der Waals surface area contributed by atoms with E-state index in [2.05, 4.69) is 49.1 Å². The first-order valence-corrected chi connectivity index (χ1v) is 13.0. The van der Waals surface area contributed by atoms with Crippen molar-refractivity contribution in [3.8, 4) is 11.3 Å². The number of hydrogen-bond donors (Lipinski definition) is 1. The molecule has 0 atom stereocenters. The van der Waals surface area contributed by atoms with Crippen molar-refractivity contribution < 1.29 is 4.39 Å². The third-order valence-corrected chi connectivity index (χ3v) is 7.56. The molecule has 1 aliphatic carbocycles. The maximum Gasteiger partial charge on any atom is 0.224 e. The molecule has 2 aliphatic rings. The molecular formula is C28H29FN8. The number of para-hydroxylation sites is 2. The van der Waals surface area contributed by atoms with Crippen LogP contribution in [0.15, 0.2) is 54.7 Å². The maximum atomic E-state index is 13.8. The molecule has 3 aromatic heterocycles. The van der Waals surface area contributed by atoms with Crippen molar-refractivity contribution in [2.45, 2.75) is 38.3 Å². The van der Waals surface area contributed by atoms with Crippen LogP contribution in [0, 0.1) is 11.7 Å². The lowest BCUT2D eigenvalue weighted by Gasteiger charge is -2.33. The molecule has 4 heterocycles. The number of nitrogens with zero attached hydrogens (tertiary/aromatic N) is 7. The number of halogens is 1. The molecule has 1 saturated heterocycles. The number of rotatable bonds is 6. The van der Waals surface area contributed by atoms with E-state index < -0.39 is 0 Å². The van der Waals surface area contributed by atoms with Crippen LogP contribution in [-0.4, -0.2) is 48.4 Å². The van der Waals surface area contributed by atoms with Crippen LogP contribution in [0.5, 0.6) is 0 Å². The summed E-state index contributed by atoms with van der Waals surface area (Å²) in [5, 5.41) is 8.93. The Morgan fingerprint density at radius 1 is 1.00 bits per heavy atom. The lowest BCUT2D eigenvalue weighted by molar-refractivity contribution is 0.507.